The summed E-state index contributed by atoms with van der Waals surface area (Å²) in [5, 5.41) is 8.86. The lowest BCUT2D eigenvalue weighted by Gasteiger charge is -2.38. The van der Waals surface area contributed by atoms with Crippen LogP contribution in [-0.2, 0) is 4.79 Å². The average molecular weight is 242 g/mol. The molecule has 0 aromatic heterocycles. The van der Waals surface area contributed by atoms with Gasteiger partial charge in [-0.1, -0.05) is 20.8 Å². The second-order valence-corrected chi connectivity index (χ2v) is 5.38. The van der Waals surface area contributed by atoms with Crippen molar-refractivity contribution in [2.45, 2.75) is 39.7 Å². The maximum absolute atomic E-state index is 10.8. The quantitative estimate of drug-likeness (QED) is 0.767. The predicted octanol–water partition coefficient (Wildman–Crippen LogP) is 1.51. The van der Waals surface area contributed by atoms with E-state index in [1.807, 2.05) is 6.92 Å². The summed E-state index contributed by atoms with van der Waals surface area (Å²) in [5.74, 6) is 0.00399. The van der Waals surface area contributed by atoms with E-state index in [0.29, 0.717) is 12.0 Å². The molecule has 0 spiro atoms. The first-order chi connectivity index (χ1) is 8.02. The van der Waals surface area contributed by atoms with E-state index in [1.54, 1.807) is 0 Å². The molecule has 0 aromatic carbocycles. The zero-order valence-corrected chi connectivity index (χ0v) is 11.4. The molecule has 0 aliphatic carbocycles. The summed E-state index contributed by atoms with van der Waals surface area (Å²) in [6, 6.07) is 0.458. The third-order valence-corrected chi connectivity index (χ3v) is 3.44. The number of aliphatic carboxylic acids is 1. The van der Waals surface area contributed by atoms with E-state index in [-0.39, 0.29) is 6.54 Å². The number of piperidine rings is 1. The lowest BCUT2D eigenvalue weighted by molar-refractivity contribution is -0.139. The highest BCUT2D eigenvalue weighted by molar-refractivity contribution is 5.69. The van der Waals surface area contributed by atoms with Crippen molar-refractivity contribution < 1.29 is 9.90 Å². The molecule has 17 heavy (non-hydrogen) atoms. The van der Waals surface area contributed by atoms with Crippen molar-refractivity contribution in [1.82, 2.24) is 9.80 Å². The van der Waals surface area contributed by atoms with Gasteiger partial charge in [0.2, 0.25) is 0 Å². The largest absolute Gasteiger partial charge is 0.480 e. The Bertz CT molecular complexity index is 236. The molecule has 0 atom stereocenters. The average Bonchev–Trinajstić information content (AvgIpc) is 2.26. The first-order valence-corrected chi connectivity index (χ1v) is 6.71. The maximum atomic E-state index is 10.8. The van der Waals surface area contributed by atoms with E-state index < -0.39 is 5.97 Å². The van der Waals surface area contributed by atoms with Crippen molar-refractivity contribution in [2.24, 2.45) is 5.92 Å². The molecule has 1 fully saturated rings. The number of likely N-dealkylation sites (N-methyl/N-ethyl adjacent to an activating group) is 1. The van der Waals surface area contributed by atoms with E-state index in [1.165, 1.54) is 0 Å². The molecule has 4 heteroatoms. The number of carboxylic acid groups (broad SMARTS) is 1. The molecule has 1 heterocycles. The molecule has 0 amide bonds. The molecule has 1 rings (SSSR count). The van der Waals surface area contributed by atoms with Gasteiger partial charge in [-0.15, -0.1) is 0 Å². The van der Waals surface area contributed by atoms with Gasteiger partial charge in [0.1, 0.15) is 0 Å². The Hall–Kier alpha value is -0.610. The third-order valence-electron chi connectivity index (χ3n) is 3.44. The second-order valence-electron chi connectivity index (χ2n) is 5.38. The van der Waals surface area contributed by atoms with Gasteiger partial charge in [-0.3, -0.25) is 9.69 Å². The van der Waals surface area contributed by atoms with E-state index >= 15 is 0 Å². The van der Waals surface area contributed by atoms with Crippen LogP contribution in [0.2, 0.25) is 0 Å². The van der Waals surface area contributed by atoms with Crippen LogP contribution in [0.1, 0.15) is 33.6 Å². The minimum Gasteiger partial charge on any atom is -0.480 e. The number of nitrogens with zero attached hydrogens (tertiary/aromatic N) is 2. The molecule has 1 aliphatic heterocycles. The maximum Gasteiger partial charge on any atom is 0.317 e. The van der Waals surface area contributed by atoms with Gasteiger partial charge in [0.05, 0.1) is 6.54 Å². The summed E-state index contributed by atoms with van der Waals surface area (Å²) in [6.45, 7) is 10.9. The molecular weight excluding hydrogens is 216 g/mol. The second kappa shape index (κ2) is 6.97. The van der Waals surface area contributed by atoms with E-state index in [4.69, 9.17) is 5.11 Å². The standard InChI is InChI=1S/C13H26N2O2/c1-4-15(10-13(16)17)12-5-7-14(8-6-12)9-11(2)3/h11-12H,4-10H2,1-3H3,(H,16,17). The number of rotatable bonds is 6. The number of carboxylic acids is 1. The summed E-state index contributed by atoms with van der Waals surface area (Å²) in [6.07, 6.45) is 2.21. The first kappa shape index (κ1) is 14.5. The minimum absolute atomic E-state index is 0.186. The number of hydrogen-bond acceptors (Lipinski definition) is 3. The molecule has 4 nitrogen and oxygen atoms in total. The molecule has 1 aliphatic rings. The lowest BCUT2D eigenvalue weighted by atomic mass is 10.0. The van der Waals surface area contributed by atoms with Gasteiger partial charge in [-0.05, 0) is 38.4 Å². The topological polar surface area (TPSA) is 43.8 Å². The number of hydrogen-bond donors (Lipinski definition) is 1. The van der Waals surface area contributed by atoms with Crippen LogP contribution in [0.4, 0.5) is 0 Å². The smallest absolute Gasteiger partial charge is 0.317 e. The molecule has 0 unspecified atom stereocenters. The molecule has 100 valence electrons. The monoisotopic (exact) mass is 242 g/mol. The van der Waals surface area contributed by atoms with Crippen molar-refractivity contribution >= 4 is 5.97 Å². The van der Waals surface area contributed by atoms with Crippen LogP contribution in [0.15, 0.2) is 0 Å². The Balaban J connectivity index is 2.36. The van der Waals surface area contributed by atoms with Gasteiger partial charge in [-0.25, -0.2) is 0 Å². The summed E-state index contributed by atoms with van der Waals surface area (Å²) in [7, 11) is 0. The van der Waals surface area contributed by atoms with E-state index in [9.17, 15) is 4.79 Å². The zero-order chi connectivity index (χ0) is 12.8. The van der Waals surface area contributed by atoms with E-state index in [0.717, 1.165) is 39.0 Å². The summed E-state index contributed by atoms with van der Waals surface area (Å²) in [4.78, 5) is 15.4. The van der Waals surface area contributed by atoms with Gasteiger partial charge in [0.15, 0.2) is 0 Å². The van der Waals surface area contributed by atoms with Crippen molar-refractivity contribution in [1.29, 1.82) is 0 Å². The predicted molar refractivity (Wildman–Crippen MR) is 69.2 cm³/mol. The molecular formula is C13H26N2O2. The van der Waals surface area contributed by atoms with Crippen LogP contribution in [0.3, 0.4) is 0 Å². The van der Waals surface area contributed by atoms with Crippen LogP contribution >= 0.6 is 0 Å². The molecule has 1 saturated heterocycles. The van der Waals surface area contributed by atoms with Crippen LogP contribution in [0, 0.1) is 5.92 Å². The highest BCUT2D eigenvalue weighted by Crippen LogP contribution is 2.17. The Morgan fingerprint density at radius 2 is 2.00 bits per heavy atom. The van der Waals surface area contributed by atoms with Crippen LogP contribution in [-0.4, -0.2) is 59.6 Å². The van der Waals surface area contributed by atoms with Crippen LogP contribution in [0.25, 0.3) is 0 Å². The molecule has 1 N–H and O–H groups in total. The Kier molecular flexibility index (Phi) is 5.92. The van der Waals surface area contributed by atoms with Gasteiger partial charge in [0, 0.05) is 12.6 Å². The molecule has 0 aromatic rings. The van der Waals surface area contributed by atoms with Gasteiger partial charge >= 0.3 is 5.97 Å². The fourth-order valence-corrected chi connectivity index (χ4v) is 2.66. The third kappa shape index (κ3) is 5.04. The van der Waals surface area contributed by atoms with Gasteiger partial charge < -0.3 is 10.0 Å². The van der Waals surface area contributed by atoms with Crippen molar-refractivity contribution in [3.05, 3.63) is 0 Å². The highest BCUT2D eigenvalue weighted by Gasteiger charge is 2.24. The number of likely N-dealkylation sites (tertiary alicyclic amines) is 1. The fraction of sp³-hybridized carbons (Fsp3) is 0.923. The highest BCUT2D eigenvalue weighted by atomic mass is 16.4. The summed E-state index contributed by atoms with van der Waals surface area (Å²) < 4.78 is 0. The van der Waals surface area contributed by atoms with E-state index in [2.05, 4.69) is 23.6 Å². The number of carbonyl (C=O) groups is 1. The van der Waals surface area contributed by atoms with Gasteiger partial charge in [-0.2, -0.15) is 0 Å². The minimum atomic E-state index is -0.712. The van der Waals surface area contributed by atoms with Crippen molar-refractivity contribution in [3.8, 4) is 0 Å². The molecule has 0 saturated carbocycles. The SMILES string of the molecule is CCN(CC(=O)O)C1CCN(CC(C)C)CC1. The van der Waals surface area contributed by atoms with Crippen LogP contribution in [0.5, 0.6) is 0 Å². The van der Waals surface area contributed by atoms with Crippen LogP contribution < -0.4 is 0 Å². The summed E-state index contributed by atoms with van der Waals surface area (Å²) >= 11 is 0. The lowest BCUT2D eigenvalue weighted by Crippen LogP contribution is -2.47. The normalized spacial score (nSPS) is 19.1. The Morgan fingerprint density at radius 3 is 2.41 bits per heavy atom. The zero-order valence-electron chi connectivity index (χ0n) is 11.4. The molecule has 0 radical (unpaired) electrons. The van der Waals surface area contributed by atoms with Crippen molar-refractivity contribution in [3.63, 3.8) is 0 Å². The first-order valence-electron chi connectivity index (χ1n) is 6.71. The van der Waals surface area contributed by atoms with Gasteiger partial charge in [0.25, 0.3) is 0 Å². The Morgan fingerprint density at radius 1 is 1.41 bits per heavy atom. The van der Waals surface area contributed by atoms with Crippen molar-refractivity contribution in [2.75, 3.05) is 32.7 Å². The fourth-order valence-electron chi connectivity index (χ4n) is 2.66. The molecule has 0 bridgehead atoms. The summed E-state index contributed by atoms with van der Waals surface area (Å²) in [5.41, 5.74) is 0. The Labute approximate surface area is 105 Å².